The number of hydrogen-bond donors (Lipinski definition) is 2. The SMILES string of the molecule is CN[C@@H]1C[C@@]23Oc4c(cc(Br)c5c4C(c4ccccc4OC)NC5=O)C[C@]2(C)[C@@H](C)CC[C@H]3C(C)(C)C1=O. The molecule has 2 saturated carbocycles. The highest BCUT2D eigenvalue weighted by molar-refractivity contribution is 9.10. The number of rotatable bonds is 3. The van der Waals surface area contributed by atoms with Gasteiger partial charge in [-0.2, -0.15) is 0 Å². The number of nitrogens with one attached hydrogen (secondary N) is 2. The van der Waals surface area contributed by atoms with Gasteiger partial charge in [-0.3, -0.25) is 9.59 Å². The zero-order chi connectivity index (χ0) is 27.2. The molecule has 1 unspecified atom stereocenters. The van der Waals surface area contributed by atoms with Crippen LogP contribution < -0.4 is 20.1 Å². The molecule has 0 radical (unpaired) electrons. The summed E-state index contributed by atoms with van der Waals surface area (Å²) in [5.74, 6) is 2.17. The van der Waals surface area contributed by atoms with Gasteiger partial charge in [-0.15, -0.1) is 0 Å². The van der Waals surface area contributed by atoms with Crippen molar-refractivity contribution in [3.8, 4) is 11.5 Å². The van der Waals surface area contributed by atoms with E-state index in [-0.39, 0.29) is 29.1 Å². The van der Waals surface area contributed by atoms with E-state index in [4.69, 9.17) is 9.47 Å². The first-order valence-electron chi connectivity index (χ1n) is 13.7. The van der Waals surface area contributed by atoms with Crippen molar-refractivity contribution in [2.75, 3.05) is 14.2 Å². The summed E-state index contributed by atoms with van der Waals surface area (Å²) in [6, 6.07) is 9.24. The second kappa shape index (κ2) is 8.56. The summed E-state index contributed by atoms with van der Waals surface area (Å²) in [5.41, 5.74) is 2.27. The lowest BCUT2D eigenvalue weighted by Crippen LogP contribution is -2.73. The molecule has 2 N–H and O–H groups in total. The number of carbonyl (C=O) groups excluding carboxylic acids is 2. The Bertz CT molecular complexity index is 1360. The molecule has 202 valence electrons. The van der Waals surface area contributed by atoms with Crippen LogP contribution in [0.2, 0.25) is 0 Å². The van der Waals surface area contributed by atoms with Crippen molar-refractivity contribution in [2.24, 2.45) is 22.7 Å². The number of methoxy groups -OCH3 is 1. The molecule has 0 bridgehead atoms. The van der Waals surface area contributed by atoms with Gasteiger partial charge in [0.15, 0.2) is 5.78 Å². The Hall–Kier alpha value is -2.38. The van der Waals surface area contributed by atoms with E-state index in [1.54, 1.807) is 7.11 Å². The quantitative estimate of drug-likeness (QED) is 0.494. The van der Waals surface area contributed by atoms with Crippen molar-refractivity contribution in [3.63, 3.8) is 0 Å². The van der Waals surface area contributed by atoms with Gasteiger partial charge in [0.2, 0.25) is 0 Å². The summed E-state index contributed by atoms with van der Waals surface area (Å²) in [4.78, 5) is 27.0. The van der Waals surface area contributed by atoms with Crippen LogP contribution in [0.5, 0.6) is 11.5 Å². The van der Waals surface area contributed by atoms with E-state index < -0.39 is 17.1 Å². The van der Waals surface area contributed by atoms with Crippen LogP contribution in [0.4, 0.5) is 0 Å². The van der Waals surface area contributed by atoms with Crippen molar-refractivity contribution in [3.05, 3.63) is 57.1 Å². The molecule has 2 aromatic carbocycles. The molecule has 2 fully saturated rings. The lowest BCUT2D eigenvalue weighted by atomic mass is 9.43. The second-order valence-corrected chi connectivity index (χ2v) is 13.4. The van der Waals surface area contributed by atoms with Crippen LogP contribution in [0.3, 0.4) is 0 Å². The molecular weight excluding hydrogens is 544 g/mol. The Morgan fingerprint density at radius 2 is 1.89 bits per heavy atom. The van der Waals surface area contributed by atoms with Crippen LogP contribution in [-0.4, -0.2) is 37.5 Å². The molecule has 1 spiro atoms. The predicted molar refractivity (Wildman–Crippen MR) is 150 cm³/mol. The summed E-state index contributed by atoms with van der Waals surface area (Å²) in [7, 11) is 3.53. The van der Waals surface area contributed by atoms with E-state index in [2.05, 4.69) is 60.3 Å². The molecule has 2 aliphatic carbocycles. The molecule has 2 aliphatic heterocycles. The Morgan fingerprint density at radius 3 is 2.61 bits per heavy atom. The third-order valence-corrected chi connectivity index (χ3v) is 11.2. The molecule has 0 saturated heterocycles. The number of Topliss-reactive ketones (excluding diaryl/α,β-unsaturated/α-hetero) is 1. The standard InChI is InChI=1S/C31H37BrN2O4/c1-16-11-12-22-29(2,3)27(35)20(33-5)15-31(22)30(16,4)14-17-13-19(32)23-24(26(17)38-31)25(34-28(23)36)18-9-7-8-10-21(18)37-6/h7-10,13,16,20,22,25,33H,11-12,14-15H2,1-6H3,(H,34,36)/t16-,20+,22-,25?,30+,31-/m0/s1. The number of fused-ring (bicyclic) bond motifs is 3. The molecule has 2 heterocycles. The van der Waals surface area contributed by atoms with E-state index in [0.29, 0.717) is 17.9 Å². The summed E-state index contributed by atoms with van der Waals surface area (Å²) in [5, 5.41) is 6.53. The highest BCUT2D eigenvalue weighted by Crippen LogP contribution is 2.66. The Kier molecular flexibility index (Phi) is 5.83. The maximum atomic E-state index is 13.6. The lowest BCUT2D eigenvalue weighted by molar-refractivity contribution is -0.212. The zero-order valence-corrected chi connectivity index (χ0v) is 24.6. The van der Waals surface area contributed by atoms with Crippen LogP contribution in [0.1, 0.15) is 80.0 Å². The third kappa shape index (κ3) is 3.21. The molecule has 1 amide bonds. The molecule has 6 nitrogen and oxygen atoms in total. The van der Waals surface area contributed by atoms with Gasteiger partial charge in [-0.25, -0.2) is 0 Å². The molecular formula is C31H37BrN2O4. The third-order valence-electron chi connectivity index (χ3n) is 10.6. The minimum absolute atomic E-state index is 0.0792. The van der Waals surface area contributed by atoms with Gasteiger partial charge in [0.1, 0.15) is 17.1 Å². The fraction of sp³-hybridized carbons (Fsp3) is 0.548. The van der Waals surface area contributed by atoms with Crippen LogP contribution in [0.15, 0.2) is 34.8 Å². The number of amides is 1. The average molecular weight is 582 g/mol. The van der Waals surface area contributed by atoms with Gasteiger partial charge in [-0.1, -0.05) is 45.9 Å². The minimum atomic E-state index is -0.540. The van der Waals surface area contributed by atoms with Crippen molar-refractivity contribution >= 4 is 27.6 Å². The van der Waals surface area contributed by atoms with Gasteiger partial charge < -0.3 is 20.1 Å². The van der Waals surface area contributed by atoms with E-state index in [1.807, 2.05) is 31.3 Å². The van der Waals surface area contributed by atoms with Gasteiger partial charge >= 0.3 is 0 Å². The number of likely N-dealkylation sites (N-methyl/N-ethyl adjacent to an activating group) is 1. The highest BCUT2D eigenvalue weighted by atomic mass is 79.9. The van der Waals surface area contributed by atoms with Crippen molar-refractivity contribution < 1.29 is 19.1 Å². The number of halogens is 1. The Morgan fingerprint density at radius 1 is 1.16 bits per heavy atom. The Balaban J connectivity index is 1.60. The molecule has 38 heavy (non-hydrogen) atoms. The Labute approximate surface area is 233 Å². The zero-order valence-electron chi connectivity index (χ0n) is 23.0. The molecule has 2 aromatic rings. The molecule has 0 aromatic heterocycles. The van der Waals surface area contributed by atoms with E-state index in [9.17, 15) is 9.59 Å². The minimum Gasteiger partial charge on any atom is -0.496 e. The topological polar surface area (TPSA) is 76.7 Å². The first kappa shape index (κ1) is 25.9. The summed E-state index contributed by atoms with van der Waals surface area (Å²) < 4.78 is 13.9. The van der Waals surface area contributed by atoms with Crippen molar-refractivity contribution in [1.82, 2.24) is 10.6 Å². The first-order chi connectivity index (χ1) is 18.0. The fourth-order valence-corrected chi connectivity index (χ4v) is 9.03. The number of ether oxygens (including phenoxy) is 2. The fourth-order valence-electron chi connectivity index (χ4n) is 8.36. The summed E-state index contributed by atoms with van der Waals surface area (Å²) in [6.45, 7) is 8.92. The number of para-hydroxylation sites is 1. The molecule has 7 heteroatoms. The van der Waals surface area contributed by atoms with Gasteiger partial charge in [0.05, 0.1) is 24.8 Å². The van der Waals surface area contributed by atoms with Crippen LogP contribution >= 0.6 is 15.9 Å². The van der Waals surface area contributed by atoms with Crippen LogP contribution in [0, 0.1) is 22.7 Å². The molecule has 6 atom stereocenters. The maximum absolute atomic E-state index is 13.6. The van der Waals surface area contributed by atoms with Gasteiger partial charge in [0, 0.05) is 38.8 Å². The average Bonchev–Trinajstić information content (AvgIpc) is 3.24. The maximum Gasteiger partial charge on any atom is 0.253 e. The largest absolute Gasteiger partial charge is 0.496 e. The number of carbonyl (C=O) groups is 2. The summed E-state index contributed by atoms with van der Waals surface area (Å²) in [6.07, 6.45) is 3.48. The number of hydrogen-bond acceptors (Lipinski definition) is 5. The van der Waals surface area contributed by atoms with Crippen LogP contribution in [0.25, 0.3) is 0 Å². The normalized spacial score (nSPS) is 34.8. The summed E-state index contributed by atoms with van der Waals surface area (Å²) >= 11 is 3.73. The highest BCUT2D eigenvalue weighted by Gasteiger charge is 2.69. The smallest absolute Gasteiger partial charge is 0.253 e. The van der Waals surface area contributed by atoms with Gasteiger partial charge in [-0.05, 0) is 65.9 Å². The molecule has 6 rings (SSSR count). The number of benzene rings is 2. The second-order valence-electron chi connectivity index (χ2n) is 12.5. The van der Waals surface area contributed by atoms with E-state index in [1.165, 1.54) is 0 Å². The monoisotopic (exact) mass is 580 g/mol. The van der Waals surface area contributed by atoms with Crippen molar-refractivity contribution in [2.45, 2.75) is 71.1 Å². The van der Waals surface area contributed by atoms with Crippen LogP contribution in [-0.2, 0) is 11.2 Å². The van der Waals surface area contributed by atoms with E-state index >= 15 is 0 Å². The van der Waals surface area contributed by atoms with E-state index in [0.717, 1.165) is 51.9 Å². The van der Waals surface area contributed by atoms with Gasteiger partial charge in [0.25, 0.3) is 5.91 Å². The number of ketones is 1. The molecule has 4 aliphatic rings. The predicted octanol–water partition coefficient (Wildman–Crippen LogP) is 5.60. The first-order valence-corrected chi connectivity index (χ1v) is 14.5. The van der Waals surface area contributed by atoms with Crippen molar-refractivity contribution in [1.29, 1.82) is 0 Å². The lowest BCUT2D eigenvalue weighted by Gasteiger charge is -2.66.